The van der Waals surface area contributed by atoms with Crippen LogP contribution in [0.1, 0.15) is 51.0 Å². The van der Waals surface area contributed by atoms with Gasteiger partial charge >= 0.3 is 0 Å². The van der Waals surface area contributed by atoms with Crippen LogP contribution in [0.2, 0.25) is 0 Å². The van der Waals surface area contributed by atoms with Gasteiger partial charge in [-0.3, -0.25) is 9.79 Å². The maximum atomic E-state index is 12.4. The molecular formula is C22H34N4O2. The molecule has 1 aliphatic heterocycles. The number of piperidine rings is 1. The first-order valence-corrected chi connectivity index (χ1v) is 10.7. The quantitative estimate of drug-likeness (QED) is 0.581. The standard InChI is InChI=1S/C22H34N4O2/c1-3-28-20-11-13-26(14-12-20)22(23-2)24-16-17-7-6-10-19(15-17)25-21(27)18-8-4-5-9-18/h6-7,10,15,18,20H,3-5,8-9,11-14,16H2,1-2H3,(H,23,24)(H,25,27). The van der Waals surface area contributed by atoms with Crippen molar-refractivity contribution in [3.63, 3.8) is 0 Å². The lowest BCUT2D eigenvalue weighted by Crippen LogP contribution is -2.46. The maximum absolute atomic E-state index is 12.4. The molecule has 3 rings (SSSR count). The Morgan fingerprint density at radius 2 is 1.96 bits per heavy atom. The van der Waals surface area contributed by atoms with E-state index in [4.69, 9.17) is 4.74 Å². The number of nitrogens with one attached hydrogen (secondary N) is 2. The first-order chi connectivity index (χ1) is 13.7. The molecule has 2 N–H and O–H groups in total. The first kappa shape index (κ1) is 20.6. The van der Waals surface area contributed by atoms with Gasteiger partial charge in [0.2, 0.25) is 5.91 Å². The van der Waals surface area contributed by atoms with Gasteiger partial charge in [-0.15, -0.1) is 0 Å². The van der Waals surface area contributed by atoms with Crippen molar-refractivity contribution < 1.29 is 9.53 Å². The van der Waals surface area contributed by atoms with E-state index in [0.29, 0.717) is 12.6 Å². The largest absolute Gasteiger partial charge is 0.378 e. The van der Waals surface area contributed by atoms with E-state index >= 15 is 0 Å². The van der Waals surface area contributed by atoms with Crippen LogP contribution in [0, 0.1) is 5.92 Å². The van der Waals surface area contributed by atoms with Crippen molar-refractivity contribution >= 4 is 17.6 Å². The monoisotopic (exact) mass is 386 g/mol. The fraction of sp³-hybridized carbons (Fsp3) is 0.636. The van der Waals surface area contributed by atoms with Crippen LogP contribution in [0.5, 0.6) is 0 Å². The molecule has 0 bridgehead atoms. The second kappa shape index (κ2) is 10.5. The summed E-state index contributed by atoms with van der Waals surface area (Å²) < 4.78 is 5.73. The SMILES string of the molecule is CCOC1CCN(C(=NC)NCc2cccc(NC(=O)C3CCCC3)c2)CC1. The molecule has 0 unspecified atom stereocenters. The maximum Gasteiger partial charge on any atom is 0.227 e. The van der Waals surface area contributed by atoms with Gasteiger partial charge < -0.3 is 20.3 Å². The van der Waals surface area contributed by atoms with E-state index in [2.05, 4.69) is 39.6 Å². The first-order valence-electron chi connectivity index (χ1n) is 10.7. The molecule has 154 valence electrons. The number of hydrogen-bond acceptors (Lipinski definition) is 3. The highest BCUT2D eigenvalue weighted by atomic mass is 16.5. The Hall–Kier alpha value is -2.08. The third-order valence-corrected chi connectivity index (χ3v) is 5.73. The minimum absolute atomic E-state index is 0.163. The molecule has 28 heavy (non-hydrogen) atoms. The van der Waals surface area contributed by atoms with Crippen LogP contribution < -0.4 is 10.6 Å². The number of amides is 1. The molecule has 1 aromatic rings. The van der Waals surface area contributed by atoms with Crippen molar-refractivity contribution in [2.75, 3.05) is 32.1 Å². The van der Waals surface area contributed by atoms with Gasteiger partial charge in [0.05, 0.1) is 6.10 Å². The molecule has 6 nitrogen and oxygen atoms in total. The van der Waals surface area contributed by atoms with E-state index < -0.39 is 0 Å². The summed E-state index contributed by atoms with van der Waals surface area (Å²) in [5.74, 6) is 1.27. The van der Waals surface area contributed by atoms with Crippen LogP contribution in [0.3, 0.4) is 0 Å². The summed E-state index contributed by atoms with van der Waals surface area (Å²) in [6.45, 7) is 5.44. The number of likely N-dealkylation sites (tertiary alicyclic amines) is 1. The third kappa shape index (κ3) is 5.71. The molecule has 0 atom stereocenters. The molecular weight excluding hydrogens is 352 g/mol. The molecule has 1 amide bonds. The summed E-state index contributed by atoms with van der Waals surface area (Å²) >= 11 is 0. The zero-order valence-corrected chi connectivity index (χ0v) is 17.2. The second-order valence-corrected chi connectivity index (χ2v) is 7.71. The highest BCUT2D eigenvalue weighted by molar-refractivity contribution is 5.92. The molecule has 1 heterocycles. The molecule has 0 radical (unpaired) electrons. The fourth-order valence-corrected chi connectivity index (χ4v) is 4.17. The van der Waals surface area contributed by atoms with Gasteiger partial charge in [-0.05, 0) is 50.3 Å². The molecule has 0 aromatic heterocycles. The highest BCUT2D eigenvalue weighted by Gasteiger charge is 2.23. The average Bonchev–Trinajstić information content (AvgIpc) is 3.25. The number of hydrogen-bond donors (Lipinski definition) is 2. The van der Waals surface area contributed by atoms with Gasteiger partial charge in [-0.2, -0.15) is 0 Å². The lowest BCUT2D eigenvalue weighted by Gasteiger charge is -2.34. The van der Waals surface area contributed by atoms with Crippen molar-refractivity contribution in [1.82, 2.24) is 10.2 Å². The Balaban J connectivity index is 1.50. The molecule has 2 fully saturated rings. The van der Waals surface area contributed by atoms with Crippen molar-refractivity contribution in [2.24, 2.45) is 10.9 Å². The van der Waals surface area contributed by atoms with Crippen LogP contribution in [0.15, 0.2) is 29.3 Å². The lowest BCUT2D eigenvalue weighted by molar-refractivity contribution is -0.119. The summed E-state index contributed by atoms with van der Waals surface area (Å²) in [7, 11) is 1.83. The number of benzene rings is 1. The summed E-state index contributed by atoms with van der Waals surface area (Å²) in [6.07, 6.45) is 6.83. The topological polar surface area (TPSA) is 66.0 Å². The Bertz CT molecular complexity index is 662. The number of rotatable bonds is 6. The van der Waals surface area contributed by atoms with E-state index in [0.717, 1.165) is 62.6 Å². The van der Waals surface area contributed by atoms with Crippen molar-refractivity contribution in [2.45, 2.75) is 58.1 Å². The van der Waals surface area contributed by atoms with Crippen molar-refractivity contribution in [3.8, 4) is 0 Å². The van der Waals surface area contributed by atoms with E-state index in [1.54, 1.807) is 0 Å². The van der Waals surface area contributed by atoms with Crippen LogP contribution in [0.25, 0.3) is 0 Å². The third-order valence-electron chi connectivity index (χ3n) is 5.73. The molecule has 2 aliphatic rings. The smallest absolute Gasteiger partial charge is 0.227 e. The second-order valence-electron chi connectivity index (χ2n) is 7.71. The summed E-state index contributed by atoms with van der Waals surface area (Å²) in [6, 6.07) is 8.09. The average molecular weight is 387 g/mol. The molecule has 1 aliphatic carbocycles. The van der Waals surface area contributed by atoms with Crippen molar-refractivity contribution in [1.29, 1.82) is 0 Å². The number of carbonyl (C=O) groups excluding carboxylic acids is 1. The van der Waals surface area contributed by atoms with Crippen LogP contribution in [-0.4, -0.2) is 49.6 Å². The van der Waals surface area contributed by atoms with Gasteiger partial charge in [0.15, 0.2) is 5.96 Å². The van der Waals surface area contributed by atoms with Crippen LogP contribution >= 0.6 is 0 Å². The van der Waals surface area contributed by atoms with Crippen LogP contribution in [-0.2, 0) is 16.1 Å². The Labute approximate surface area is 168 Å². The number of ether oxygens (including phenoxy) is 1. The number of carbonyl (C=O) groups is 1. The highest BCUT2D eigenvalue weighted by Crippen LogP contribution is 2.26. The lowest BCUT2D eigenvalue weighted by atomic mass is 10.1. The van der Waals surface area contributed by atoms with Crippen molar-refractivity contribution in [3.05, 3.63) is 29.8 Å². The fourth-order valence-electron chi connectivity index (χ4n) is 4.17. The Morgan fingerprint density at radius 3 is 2.64 bits per heavy atom. The number of aliphatic imine (C=N–C) groups is 1. The molecule has 1 aromatic carbocycles. The van der Waals surface area contributed by atoms with E-state index in [1.165, 1.54) is 12.8 Å². The zero-order chi connectivity index (χ0) is 19.8. The minimum atomic E-state index is 0.163. The van der Waals surface area contributed by atoms with E-state index in [-0.39, 0.29) is 11.8 Å². The predicted octanol–water partition coefficient (Wildman–Crippen LogP) is 3.39. The Morgan fingerprint density at radius 1 is 1.21 bits per heavy atom. The summed E-state index contributed by atoms with van der Waals surface area (Å²) in [4.78, 5) is 19.1. The van der Waals surface area contributed by atoms with Gasteiger partial charge in [0.1, 0.15) is 0 Å². The molecule has 0 spiro atoms. The number of anilines is 1. The number of guanidine groups is 1. The van der Waals surface area contributed by atoms with Gasteiger partial charge in [0.25, 0.3) is 0 Å². The van der Waals surface area contributed by atoms with E-state index in [9.17, 15) is 4.79 Å². The minimum Gasteiger partial charge on any atom is -0.378 e. The summed E-state index contributed by atoms with van der Waals surface area (Å²) in [5, 5.41) is 6.55. The normalized spacial score (nSPS) is 19.1. The molecule has 1 saturated carbocycles. The van der Waals surface area contributed by atoms with Gasteiger partial charge in [-0.1, -0.05) is 25.0 Å². The molecule has 1 saturated heterocycles. The Kier molecular flexibility index (Phi) is 7.71. The predicted molar refractivity (Wildman–Crippen MR) is 113 cm³/mol. The van der Waals surface area contributed by atoms with Gasteiger partial charge in [0, 0.05) is 44.9 Å². The summed E-state index contributed by atoms with van der Waals surface area (Å²) in [5.41, 5.74) is 2.01. The van der Waals surface area contributed by atoms with Gasteiger partial charge in [-0.25, -0.2) is 0 Å². The van der Waals surface area contributed by atoms with E-state index in [1.807, 2.05) is 19.2 Å². The molecule has 6 heteroatoms. The number of nitrogens with zero attached hydrogens (tertiary/aromatic N) is 2. The zero-order valence-electron chi connectivity index (χ0n) is 17.2. The van der Waals surface area contributed by atoms with Crippen LogP contribution in [0.4, 0.5) is 5.69 Å².